The standard InChI is InChI=1S/C22H45NO3/c1-4-5-6-7-8-9-10-11-12-13-14-15-16-17-18-25-19-22(23-3)20-26-21(2)24/h22H,3-20,23H2,1-2H3/t22-/m1/s1. The monoisotopic (exact) mass is 371 g/mol. The Morgan fingerprint density at radius 2 is 1.27 bits per heavy atom. The summed E-state index contributed by atoms with van der Waals surface area (Å²) < 4.78 is 10.6. The van der Waals surface area contributed by atoms with Crippen molar-refractivity contribution in [3.8, 4) is 0 Å². The molecule has 0 aromatic carbocycles. The maximum Gasteiger partial charge on any atom is 0.302 e. The van der Waals surface area contributed by atoms with Crippen molar-refractivity contribution in [2.24, 2.45) is 0 Å². The van der Waals surface area contributed by atoms with E-state index in [-0.39, 0.29) is 12.0 Å². The van der Waals surface area contributed by atoms with Gasteiger partial charge in [0.1, 0.15) is 12.6 Å². The van der Waals surface area contributed by atoms with Gasteiger partial charge in [0.05, 0.1) is 6.61 Å². The Bertz CT molecular complexity index is 297. The zero-order chi connectivity index (χ0) is 19.3. The lowest BCUT2D eigenvalue weighted by Gasteiger charge is -2.16. The summed E-state index contributed by atoms with van der Waals surface area (Å²) in [5.41, 5.74) is 0. The molecule has 1 atom stereocenters. The van der Waals surface area contributed by atoms with Crippen molar-refractivity contribution < 1.29 is 19.6 Å². The van der Waals surface area contributed by atoms with Gasteiger partial charge < -0.3 is 14.8 Å². The molecule has 0 radical (unpaired) electrons. The molecule has 0 spiro atoms. The van der Waals surface area contributed by atoms with Gasteiger partial charge in [0.15, 0.2) is 0 Å². The number of unbranched alkanes of at least 4 members (excludes halogenated alkanes) is 13. The van der Waals surface area contributed by atoms with E-state index in [1.165, 1.54) is 90.4 Å². The predicted molar refractivity (Wildman–Crippen MR) is 109 cm³/mol. The Morgan fingerprint density at radius 1 is 0.808 bits per heavy atom. The Labute approximate surface area is 162 Å². The van der Waals surface area contributed by atoms with Crippen LogP contribution in [0.25, 0.3) is 0 Å². The summed E-state index contributed by atoms with van der Waals surface area (Å²) in [5.74, 6) is -0.246. The first kappa shape index (κ1) is 25.4. The normalized spacial score (nSPS) is 12.3. The molecule has 2 N–H and O–H groups in total. The van der Waals surface area contributed by atoms with Crippen LogP contribution in [0, 0.1) is 7.05 Å². The number of quaternary nitrogens is 1. The van der Waals surface area contributed by atoms with E-state index in [0.29, 0.717) is 13.2 Å². The fourth-order valence-corrected chi connectivity index (χ4v) is 3.04. The third-order valence-electron chi connectivity index (χ3n) is 4.81. The van der Waals surface area contributed by atoms with E-state index in [2.05, 4.69) is 14.0 Å². The summed E-state index contributed by atoms with van der Waals surface area (Å²) in [6, 6.07) is 0.102. The summed E-state index contributed by atoms with van der Waals surface area (Å²) in [6.45, 7) is 5.46. The van der Waals surface area contributed by atoms with Crippen molar-refractivity contribution in [1.82, 2.24) is 0 Å². The fraction of sp³-hybridized carbons (Fsp3) is 0.909. The molecule has 0 rings (SSSR count). The largest absolute Gasteiger partial charge is 0.472 e. The first-order valence-corrected chi connectivity index (χ1v) is 11.0. The van der Waals surface area contributed by atoms with Crippen LogP contribution in [0.3, 0.4) is 0 Å². The summed E-state index contributed by atoms with van der Waals surface area (Å²) in [6.07, 6.45) is 19.2. The topological polar surface area (TPSA) is 52.1 Å². The molecule has 0 aliphatic heterocycles. The molecule has 0 aromatic rings. The number of hydrogen-bond acceptors (Lipinski definition) is 3. The van der Waals surface area contributed by atoms with E-state index in [4.69, 9.17) is 9.47 Å². The number of hydrogen-bond donors (Lipinski definition) is 1. The highest BCUT2D eigenvalue weighted by Crippen LogP contribution is 2.12. The Balaban J connectivity index is 3.18. The lowest BCUT2D eigenvalue weighted by atomic mass is 10.0. The van der Waals surface area contributed by atoms with E-state index in [1.807, 2.05) is 0 Å². The number of rotatable bonds is 20. The van der Waals surface area contributed by atoms with Crippen LogP contribution >= 0.6 is 0 Å². The van der Waals surface area contributed by atoms with E-state index in [1.54, 1.807) is 5.32 Å². The smallest absolute Gasteiger partial charge is 0.302 e. The van der Waals surface area contributed by atoms with Crippen molar-refractivity contribution in [1.29, 1.82) is 0 Å². The third-order valence-corrected chi connectivity index (χ3v) is 4.81. The molecule has 0 unspecified atom stereocenters. The average molecular weight is 372 g/mol. The average Bonchev–Trinajstić information content (AvgIpc) is 2.63. The molecule has 0 amide bonds. The highest BCUT2D eigenvalue weighted by Gasteiger charge is 2.09. The Hall–Kier alpha value is -0.610. The molecule has 0 bridgehead atoms. The molecular weight excluding hydrogens is 326 g/mol. The molecule has 0 aliphatic carbocycles. The van der Waals surface area contributed by atoms with Crippen molar-refractivity contribution in [3.05, 3.63) is 7.05 Å². The van der Waals surface area contributed by atoms with Gasteiger partial charge in [-0.3, -0.25) is 4.79 Å². The van der Waals surface area contributed by atoms with E-state index >= 15 is 0 Å². The molecule has 156 valence electrons. The highest BCUT2D eigenvalue weighted by atomic mass is 16.5. The van der Waals surface area contributed by atoms with Crippen LogP contribution in [0.1, 0.15) is 104 Å². The van der Waals surface area contributed by atoms with Crippen LogP contribution in [0.5, 0.6) is 0 Å². The van der Waals surface area contributed by atoms with Crippen LogP contribution in [0.4, 0.5) is 0 Å². The maximum absolute atomic E-state index is 10.8. The van der Waals surface area contributed by atoms with Crippen LogP contribution in [0.15, 0.2) is 0 Å². The second kappa shape index (κ2) is 20.7. The van der Waals surface area contributed by atoms with Gasteiger partial charge in [0.25, 0.3) is 0 Å². The molecule has 26 heavy (non-hydrogen) atoms. The zero-order valence-corrected chi connectivity index (χ0v) is 17.6. The lowest BCUT2D eigenvalue weighted by molar-refractivity contribution is -0.638. The maximum atomic E-state index is 10.8. The number of nitrogens with two attached hydrogens (primary N) is 1. The quantitative estimate of drug-likeness (QED) is 0.190. The van der Waals surface area contributed by atoms with Gasteiger partial charge in [0, 0.05) is 13.5 Å². The first-order chi connectivity index (χ1) is 12.7. The third kappa shape index (κ3) is 19.7. The molecule has 0 heterocycles. The molecule has 0 aliphatic rings. The first-order valence-electron chi connectivity index (χ1n) is 11.0. The van der Waals surface area contributed by atoms with Crippen LogP contribution in [-0.2, 0) is 14.3 Å². The Kier molecular flexibility index (Phi) is 20.2. The van der Waals surface area contributed by atoms with Gasteiger partial charge in [-0.1, -0.05) is 90.4 Å². The van der Waals surface area contributed by atoms with Crippen molar-refractivity contribution in [2.75, 3.05) is 19.8 Å². The van der Waals surface area contributed by atoms with Crippen molar-refractivity contribution in [3.63, 3.8) is 0 Å². The second-order valence-electron chi connectivity index (χ2n) is 7.47. The molecule has 4 nitrogen and oxygen atoms in total. The minimum atomic E-state index is -0.246. The van der Waals surface area contributed by atoms with E-state index < -0.39 is 0 Å². The van der Waals surface area contributed by atoms with Crippen LogP contribution < -0.4 is 5.32 Å². The lowest BCUT2D eigenvalue weighted by Crippen LogP contribution is -2.86. The number of ether oxygens (including phenoxy) is 2. The summed E-state index contributed by atoms with van der Waals surface area (Å²) >= 11 is 0. The highest BCUT2D eigenvalue weighted by molar-refractivity contribution is 5.65. The minimum Gasteiger partial charge on any atom is -0.472 e. The number of carbonyl (C=O) groups is 1. The summed E-state index contributed by atoms with van der Waals surface area (Å²) in [5, 5.41) is 1.80. The predicted octanol–water partition coefficient (Wildman–Crippen LogP) is 4.77. The molecule has 0 saturated heterocycles. The van der Waals surface area contributed by atoms with Crippen LogP contribution in [0.2, 0.25) is 0 Å². The SMILES string of the molecule is [CH2-][NH2+][C@H](COCCCCCCCCCCCCCCCC)COC(C)=O. The summed E-state index contributed by atoms with van der Waals surface area (Å²) in [4.78, 5) is 10.8. The van der Waals surface area contributed by atoms with E-state index in [9.17, 15) is 4.79 Å². The minimum absolute atomic E-state index is 0.102. The molecule has 0 saturated carbocycles. The zero-order valence-electron chi connectivity index (χ0n) is 17.6. The summed E-state index contributed by atoms with van der Waals surface area (Å²) in [7, 11) is 3.76. The number of esters is 1. The Morgan fingerprint density at radius 3 is 1.69 bits per heavy atom. The van der Waals surface area contributed by atoms with Gasteiger partial charge in [-0.2, -0.15) is 7.05 Å². The number of carbonyl (C=O) groups excluding carboxylic acids is 1. The van der Waals surface area contributed by atoms with E-state index in [0.717, 1.165) is 13.0 Å². The molecule has 4 heteroatoms. The fourth-order valence-electron chi connectivity index (χ4n) is 3.04. The van der Waals surface area contributed by atoms with Crippen molar-refractivity contribution >= 4 is 5.97 Å². The molecular formula is C22H45NO3. The van der Waals surface area contributed by atoms with Gasteiger partial charge in [-0.25, -0.2) is 0 Å². The molecule has 0 aromatic heterocycles. The van der Waals surface area contributed by atoms with Gasteiger partial charge in [-0.15, -0.1) is 0 Å². The van der Waals surface area contributed by atoms with Gasteiger partial charge in [0.2, 0.25) is 0 Å². The second-order valence-corrected chi connectivity index (χ2v) is 7.47. The van der Waals surface area contributed by atoms with Gasteiger partial charge in [-0.05, 0) is 6.42 Å². The van der Waals surface area contributed by atoms with Crippen molar-refractivity contribution in [2.45, 2.75) is 110 Å². The van der Waals surface area contributed by atoms with Crippen LogP contribution in [-0.4, -0.2) is 31.8 Å². The van der Waals surface area contributed by atoms with Gasteiger partial charge >= 0.3 is 5.97 Å². The molecule has 0 fully saturated rings.